The van der Waals surface area contributed by atoms with E-state index in [1.807, 2.05) is 19.9 Å². The number of aryl methyl sites for hydroxylation is 2. The van der Waals surface area contributed by atoms with Crippen LogP contribution in [-0.4, -0.2) is 11.5 Å². The van der Waals surface area contributed by atoms with Crippen LogP contribution in [0.25, 0.3) is 10.9 Å². The molecular weight excluding hydrogens is 232 g/mol. The van der Waals surface area contributed by atoms with Crippen LogP contribution in [0.2, 0.25) is 5.02 Å². The molecule has 0 aliphatic carbocycles. The molecule has 0 aliphatic heterocycles. The lowest BCUT2D eigenvalue weighted by molar-refractivity contribution is 0.729. The van der Waals surface area contributed by atoms with Gasteiger partial charge in [-0.3, -0.25) is 4.98 Å². The van der Waals surface area contributed by atoms with Crippen molar-refractivity contribution in [1.82, 2.24) is 10.3 Å². The van der Waals surface area contributed by atoms with Crippen LogP contribution in [0.15, 0.2) is 18.2 Å². The smallest absolute Gasteiger partial charge is 0.0752 e. The van der Waals surface area contributed by atoms with E-state index in [4.69, 9.17) is 11.6 Å². The van der Waals surface area contributed by atoms with Crippen molar-refractivity contribution < 1.29 is 0 Å². The van der Waals surface area contributed by atoms with E-state index in [1.54, 1.807) is 0 Å². The fraction of sp³-hybridized carbons (Fsp3) is 0.357. The van der Waals surface area contributed by atoms with Gasteiger partial charge in [0.25, 0.3) is 0 Å². The highest BCUT2D eigenvalue weighted by atomic mass is 35.5. The van der Waals surface area contributed by atoms with Gasteiger partial charge >= 0.3 is 0 Å². The molecule has 1 aromatic carbocycles. The van der Waals surface area contributed by atoms with Crippen LogP contribution in [-0.2, 0) is 6.54 Å². The van der Waals surface area contributed by atoms with E-state index in [-0.39, 0.29) is 0 Å². The maximum absolute atomic E-state index is 6.14. The molecular formula is C14H17ClN2. The summed E-state index contributed by atoms with van der Waals surface area (Å²) in [4.78, 5) is 4.59. The topological polar surface area (TPSA) is 24.9 Å². The van der Waals surface area contributed by atoms with Crippen LogP contribution >= 0.6 is 11.6 Å². The fourth-order valence-electron chi connectivity index (χ4n) is 2.02. The lowest BCUT2D eigenvalue weighted by Crippen LogP contribution is -2.12. The van der Waals surface area contributed by atoms with Crippen LogP contribution in [0, 0.1) is 13.8 Å². The molecule has 2 aromatic rings. The molecule has 1 aromatic heterocycles. The number of nitrogens with one attached hydrogen (secondary N) is 1. The molecule has 0 amide bonds. The van der Waals surface area contributed by atoms with Gasteiger partial charge in [0, 0.05) is 22.6 Å². The number of fused-ring (bicyclic) bond motifs is 1. The van der Waals surface area contributed by atoms with E-state index in [0.29, 0.717) is 0 Å². The maximum atomic E-state index is 6.14. The minimum Gasteiger partial charge on any atom is -0.313 e. The van der Waals surface area contributed by atoms with Gasteiger partial charge in [0.2, 0.25) is 0 Å². The number of pyridine rings is 1. The van der Waals surface area contributed by atoms with Gasteiger partial charge in [-0.25, -0.2) is 0 Å². The lowest BCUT2D eigenvalue weighted by atomic mass is 10.0. The van der Waals surface area contributed by atoms with Gasteiger partial charge in [-0.2, -0.15) is 0 Å². The summed E-state index contributed by atoms with van der Waals surface area (Å²) in [6.07, 6.45) is 0. The van der Waals surface area contributed by atoms with Crippen LogP contribution in [0.3, 0.4) is 0 Å². The second-order valence-electron chi connectivity index (χ2n) is 4.27. The first-order valence-corrected chi connectivity index (χ1v) is 6.27. The SMILES string of the molecule is CCNCc1cc(C)nc2c(C)c(Cl)ccc12. The van der Waals surface area contributed by atoms with Crippen molar-refractivity contribution in [3.63, 3.8) is 0 Å². The highest BCUT2D eigenvalue weighted by Crippen LogP contribution is 2.26. The maximum Gasteiger partial charge on any atom is 0.0752 e. The molecule has 3 heteroatoms. The monoisotopic (exact) mass is 248 g/mol. The van der Waals surface area contributed by atoms with Crippen LogP contribution < -0.4 is 5.32 Å². The Morgan fingerprint density at radius 2 is 2.06 bits per heavy atom. The highest BCUT2D eigenvalue weighted by molar-refractivity contribution is 6.32. The molecule has 2 rings (SSSR count). The minimum atomic E-state index is 0.782. The predicted octanol–water partition coefficient (Wildman–Crippen LogP) is 3.61. The lowest BCUT2D eigenvalue weighted by Gasteiger charge is -2.11. The molecule has 1 N–H and O–H groups in total. The molecule has 17 heavy (non-hydrogen) atoms. The Balaban J connectivity index is 2.64. The number of nitrogens with zero attached hydrogens (tertiary/aromatic N) is 1. The molecule has 2 nitrogen and oxygen atoms in total. The fourth-order valence-corrected chi connectivity index (χ4v) is 2.18. The van der Waals surface area contributed by atoms with Gasteiger partial charge in [0.05, 0.1) is 5.52 Å². The Hall–Kier alpha value is -1.12. The Morgan fingerprint density at radius 1 is 1.29 bits per heavy atom. The molecule has 0 spiro atoms. The van der Waals surface area contributed by atoms with Crippen LogP contribution in [0.1, 0.15) is 23.7 Å². The number of hydrogen-bond acceptors (Lipinski definition) is 2. The van der Waals surface area contributed by atoms with Crippen molar-refractivity contribution in [2.75, 3.05) is 6.54 Å². The first-order valence-electron chi connectivity index (χ1n) is 5.89. The van der Waals surface area contributed by atoms with Gasteiger partial charge < -0.3 is 5.32 Å². The molecule has 0 aliphatic rings. The molecule has 0 unspecified atom stereocenters. The zero-order valence-electron chi connectivity index (χ0n) is 10.5. The Morgan fingerprint density at radius 3 is 2.76 bits per heavy atom. The summed E-state index contributed by atoms with van der Waals surface area (Å²) in [5.41, 5.74) is 4.40. The number of aromatic nitrogens is 1. The predicted molar refractivity (Wildman–Crippen MR) is 73.6 cm³/mol. The zero-order chi connectivity index (χ0) is 12.4. The van der Waals surface area contributed by atoms with Gasteiger partial charge in [-0.1, -0.05) is 24.6 Å². The van der Waals surface area contributed by atoms with Crippen molar-refractivity contribution >= 4 is 22.5 Å². The van der Waals surface area contributed by atoms with E-state index >= 15 is 0 Å². The Bertz CT molecular complexity index is 549. The summed E-state index contributed by atoms with van der Waals surface area (Å²) < 4.78 is 0. The molecule has 0 bridgehead atoms. The Kier molecular flexibility index (Phi) is 3.65. The average molecular weight is 249 g/mol. The number of hydrogen-bond donors (Lipinski definition) is 1. The van der Waals surface area contributed by atoms with Crippen molar-refractivity contribution in [2.45, 2.75) is 27.3 Å². The summed E-state index contributed by atoms with van der Waals surface area (Å²) in [5.74, 6) is 0. The van der Waals surface area contributed by atoms with Gasteiger partial charge in [-0.15, -0.1) is 0 Å². The van der Waals surface area contributed by atoms with Crippen molar-refractivity contribution in [3.8, 4) is 0 Å². The summed E-state index contributed by atoms with van der Waals surface area (Å²) in [6, 6.07) is 6.15. The summed E-state index contributed by atoms with van der Waals surface area (Å²) in [6.45, 7) is 7.99. The second kappa shape index (κ2) is 5.03. The first-order chi connectivity index (χ1) is 8.13. The van der Waals surface area contributed by atoms with Crippen molar-refractivity contribution in [2.24, 2.45) is 0 Å². The summed E-state index contributed by atoms with van der Waals surface area (Å²) >= 11 is 6.14. The van der Waals surface area contributed by atoms with Gasteiger partial charge in [0.1, 0.15) is 0 Å². The third-order valence-electron chi connectivity index (χ3n) is 2.95. The van der Waals surface area contributed by atoms with E-state index < -0.39 is 0 Å². The first kappa shape index (κ1) is 12.3. The second-order valence-corrected chi connectivity index (χ2v) is 4.68. The van der Waals surface area contributed by atoms with Crippen molar-refractivity contribution in [1.29, 1.82) is 0 Å². The zero-order valence-corrected chi connectivity index (χ0v) is 11.2. The van der Waals surface area contributed by atoms with E-state index in [2.05, 4.69) is 29.4 Å². The summed E-state index contributed by atoms with van der Waals surface area (Å²) in [7, 11) is 0. The molecule has 90 valence electrons. The molecule has 0 radical (unpaired) electrons. The molecule has 0 saturated heterocycles. The van der Waals surface area contributed by atoms with E-state index in [1.165, 1.54) is 10.9 Å². The molecule has 0 fully saturated rings. The third-order valence-corrected chi connectivity index (χ3v) is 3.36. The summed E-state index contributed by atoms with van der Waals surface area (Å²) in [5, 5.41) is 5.33. The number of benzene rings is 1. The van der Waals surface area contributed by atoms with Crippen molar-refractivity contribution in [3.05, 3.63) is 40.0 Å². The minimum absolute atomic E-state index is 0.782. The third kappa shape index (κ3) is 2.43. The van der Waals surface area contributed by atoms with E-state index in [9.17, 15) is 0 Å². The van der Waals surface area contributed by atoms with Gasteiger partial charge in [-0.05, 0) is 43.7 Å². The number of rotatable bonds is 3. The quantitative estimate of drug-likeness (QED) is 0.898. The van der Waals surface area contributed by atoms with E-state index in [0.717, 1.165) is 34.9 Å². The van der Waals surface area contributed by atoms with Gasteiger partial charge in [0.15, 0.2) is 0 Å². The molecule has 1 heterocycles. The van der Waals surface area contributed by atoms with Crippen LogP contribution in [0.4, 0.5) is 0 Å². The Labute approximate surface area is 107 Å². The normalized spacial score (nSPS) is 11.1. The molecule has 0 atom stereocenters. The highest BCUT2D eigenvalue weighted by Gasteiger charge is 2.08. The van der Waals surface area contributed by atoms with Crippen LogP contribution in [0.5, 0.6) is 0 Å². The standard InChI is InChI=1S/C14H17ClN2/c1-4-16-8-11-7-9(2)17-14-10(3)13(15)6-5-12(11)14/h5-7,16H,4,8H2,1-3H3. The number of halogens is 1. The molecule has 0 saturated carbocycles. The largest absolute Gasteiger partial charge is 0.313 e. The average Bonchev–Trinajstić information content (AvgIpc) is 2.31.